The molecule has 0 aliphatic carbocycles. The number of hydrogen-bond acceptors (Lipinski definition) is 7. The van der Waals surface area contributed by atoms with Gasteiger partial charge in [0.05, 0.1) is 16.3 Å². The molecule has 0 unspecified atom stereocenters. The van der Waals surface area contributed by atoms with E-state index in [1.54, 1.807) is 36.7 Å². The zero-order chi connectivity index (χ0) is 24.6. The van der Waals surface area contributed by atoms with Gasteiger partial charge in [0.25, 0.3) is 11.9 Å². The SMILES string of the molecule is CC(C)(C)c1cc(NC(=O)c2nc(-c3cccs3)n(-c3cccc(F)c3)n2)n(-c2ncccn2)n1. The molecular weight excluding hydrogens is 467 g/mol. The Labute approximate surface area is 204 Å². The topological polar surface area (TPSA) is 103 Å². The number of halogens is 1. The quantitative estimate of drug-likeness (QED) is 0.386. The lowest BCUT2D eigenvalue weighted by molar-refractivity contribution is 0.101. The minimum absolute atomic E-state index is 0.0725. The fourth-order valence-electron chi connectivity index (χ4n) is 3.32. The third kappa shape index (κ3) is 4.58. The van der Waals surface area contributed by atoms with Crippen molar-refractivity contribution in [3.63, 3.8) is 0 Å². The van der Waals surface area contributed by atoms with E-state index in [4.69, 9.17) is 0 Å². The average Bonchev–Trinajstić information content (AvgIpc) is 3.58. The number of thiophene rings is 1. The molecule has 35 heavy (non-hydrogen) atoms. The fourth-order valence-corrected chi connectivity index (χ4v) is 4.02. The molecule has 0 aliphatic rings. The summed E-state index contributed by atoms with van der Waals surface area (Å²) < 4.78 is 16.9. The van der Waals surface area contributed by atoms with Crippen LogP contribution in [-0.4, -0.2) is 40.4 Å². The van der Waals surface area contributed by atoms with Gasteiger partial charge in [-0.25, -0.2) is 24.0 Å². The number of anilines is 1. The number of hydrogen-bond donors (Lipinski definition) is 1. The smallest absolute Gasteiger partial charge is 0.296 e. The van der Waals surface area contributed by atoms with E-state index in [9.17, 15) is 9.18 Å². The van der Waals surface area contributed by atoms with Gasteiger partial charge in [-0.3, -0.25) is 4.79 Å². The van der Waals surface area contributed by atoms with E-state index in [1.807, 2.05) is 38.3 Å². The summed E-state index contributed by atoms with van der Waals surface area (Å²) in [4.78, 5) is 27.1. The van der Waals surface area contributed by atoms with E-state index in [-0.39, 0.29) is 11.2 Å². The molecule has 176 valence electrons. The second-order valence-corrected chi connectivity index (χ2v) is 9.66. The van der Waals surface area contributed by atoms with E-state index >= 15 is 0 Å². The summed E-state index contributed by atoms with van der Waals surface area (Å²) >= 11 is 1.44. The van der Waals surface area contributed by atoms with Crippen molar-refractivity contribution in [3.05, 3.63) is 83.6 Å². The lowest BCUT2D eigenvalue weighted by Crippen LogP contribution is -2.17. The van der Waals surface area contributed by atoms with Crippen molar-refractivity contribution in [1.82, 2.24) is 34.5 Å². The highest BCUT2D eigenvalue weighted by Crippen LogP contribution is 2.28. The summed E-state index contributed by atoms with van der Waals surface area (Å²) in [5.74, 6) is 0.0996. The van der Waals surface area contributed by atoms with Gasteiger partial charge >= 0.3 is 0 Å². The summed E-state index contributed by atoms with van der Waals surface area (Å²) in [7, 11) is 0. The molecular formula is C24H21FN8OS. The Morgan fingerprint density at radius 2 is 1.80 bits per heavy atom. The number of carbonyl (C=O) groups excluding carboxylic acids is 1. The second kappa shape index (κ2) is 8.84. The standard InChI is InChI=1S/C24H21FN8OS/c1-24(2,3)18-14-19(33(30-18)23-26-10-6-11-27-23)28-22(34)20-29-21(17-9-5-12-35-17)32(31-20)16-8-4-7-15(25)13-16/h4-14H,1-3H3,(H,28,34). The van der Waals surface area contributed by atoms with Gasteiger partial charge in [0, 0.05) is 23.9 Å². The van der Waals surface area contributed by atoms with Crippen LogP contribution in [0.5, 0.6) is 0 Å². The lowest BCUT2D eigenvalue weighted by atomic mass is 9.92. The molecule has 1 N–H and O–H groups in total. The van der Waals surface area contributed by atoms with E-state index < -0.39 is 11.7 Å². The van der Waals surface area contributed by atoms with Crippen LogP contribution in [0.4, 0.5) is 10.2 Å². The van der Waals surface area contributed by atoms with Crippen molar-refractivity contribution in [1.29, 1.82) is 0 Å². The van der Waals surface area contributed by atoms with E-state index in [1.165, 1.54) is 32.8 Å². The van der Waals surface area contributed by atoms with Crippen molar-refractivity contribution in [2.45, 2.75) is 26.2 Å². The van der Waals surface area contributed by atoms with Gasteiger partial charge in [0.1, 0.15) is 11.6 Å². The Morgan fingerprint density at radius 1 is 1.00 bits per heavy atom. The van der Waals surface area contributed by atoms with Crippen LogP contribution in [0.15, 0.2) is 66.3 Å². The molecule has 0 saturated carbocycles. The predicted molar refractivity (Wildman–Crippen MR) is 130 cm³/mol. The Hall–Kier alpha value is -4.25. The molecule has 4 aromatic heterocycles. The summed E-state index contributed by atoms with van der Waals surface area (Å²) in [5.41, 5.74) is 0.929. The molecule has 0 radical (unpaired) electrons. The van der Waals surface area contributed by atoms with Gasteiger partial charge in [-0.15, -0.1) is 16.4 Å². The first-order valence-electron chi connectivity index (χ1n) is 10.8. The summed E-state index contributed by atoms with van der Waals surface area (Å²) in [6, 6.07) is 13.2. The van der Waals surface area contributed by atoms with Gasteiger partial charge in [-0.2, -0.15) is 9.78 Å². The Bertz CT molecular complexity index is 1490. The number of benzene rings is 1. The predicted octanol–water partition coefficient (Wildman–Crippen LogP) is 4.66. The van der Waals surface area contributed by atoms with Crippen LogP contribution in [0.2, 0.25) is 0 Å². The summed E-state index contributed by atoms with van der Waals surface area (Å²) in [6.45, 7) is 6.06. The van der Waals surface area contributed by atoms with Gasteiger partial charge in [0.15, 0.2) is 5.82 Å². The van der Waals surface area contributed by atoms with Crippen molar-refractivity contribution < 1.29 is 9.18 Å². The molecule has 1 amide bonds. The highest BCUT2D eigenvalue weighted by Gasteiger charge is 2.25. The van der Waals surface area contributed by atoms with Gasteiger partial charge in [0.2, 0.25) is 5.82 Å². The molecule has 4 heterocycles. The molecule has 1 aromatic carbocycles. The zero-order valence-electron chi connectivity index (χ0n) is 19.2. The molecule has 0 bridgehead atoms. The van der Waals surface area contributed by atoms with Gasteiger partial charge < -0.3 is 5.32 Å². The van der Waals surface area contributed by atoms with Crippen molar-refractivity contribution >= 4 is 23.1 Å². The van der Waals surface area contributed by atoms with E-state index in [0.717, 1.165) is 10.6 Å². The molecule has 11 heteroatoms. The van der Waals surface area contributed by atoms with Crippen LogP contribution in [0, 0.1) is 5.82 Å². The maximum absolute atomic E-state index is 13.9. The van der Waals surface area contributed by atoms with Crippen LogP contribution in [-0.2, 0) is 5.41 Å². The Morgan fingerprint density at radius 3 is 2.49 bits per heavy atom. The maximum Gasteiger partial charge on any atom is 0.296 e. The molecule has 0 fully saturated rings. The lowest BCUT2D eigenvalue weighted by Gasteiger charge is -2.13. The first kappa shape index (κ1) is 22.5. The number of nitrogens with zero attached hydrogens (tertiary/aromatic N) is 7. The molecule has 0 spiro atoms. The zero-order valence-corrected chi connectivity index (χ0v) is 20.0. The molecule has 0 saturated heterocycles. The summed E-state index contributed by atoms with van der Waals surface area (Å²) in [5, 5.41) is 13.7. The molecule has 5 rings (SSSR count). The maximum atomic E-state index is 13.9. The van der Waals surface area contributed by atoms with Crippen LogP contribution in [0.3, 0.4) is 0 Å². The van der Waals surface area contributed by atoms with Crippen molar-refractivity contribution in [3.8, 4) is 22.3 Å². The number of amides is 1. The monoisotopic (exact) mass is 488 g/mol. The fraction of sp³-hybridized carbons (Fsp3) is 0.167. The van der Waals surface area contributed by atoms with Crippen LogP contribution in [0.1, 0.15) is 37.1 Å². The molecule has 0 aliphatic heterocycles. The highest BCUT2D eigenvalue weighted by atomic mass is 32.1. The molecule has 0 atom stereocenters. The second-order valence-electron chi connectivity index (χ2n) is 8.71. The first-order chi connectivity index (χ1) is 16.8. The first-order valence-corrected chi connectivity index (χ1v) is 11.6. The van der Waals surface area contributed by atoms with Gasteiger partial charge in [-0.1, -0.05) is 32.9 Å². The minimum atomic E-state index is -0.546. The van der Waals surface area contributed by atoms with Crippen molar-refractivity contribution in [2.75, 3.05) is 5.32 Å². The van der Waals surface area contributed by atoms with Gasteiger partial charge in [-0.05, 0) is 35.7 Å². The summed E-state index contributed by atoms with van der Waals surface area (Å²) in [6.07, 6.45) is 3.20. The number of carbonyl (C=O) groups is 1. The number of nitrogens with one attached hydrogen (secondary N) is 1. The average molecular weight is 489 g/mol. The van der Waals surface area contributed by atoms with Crippen LogP contribution < -0.4 is 5.32 Å². The number of rotatable bonds is 5. The molecule has 9 nitrogen and oxygen atoms in total. The van der Waals surface area contributed by atoms with Crippen molar-refractivity contribution in [2.24, 2.45) is 0 Å². The van der Waals surface area contributed by atoms with E-state index in [2.05, 4.69) is 30.5 Å². The Kier molecular flexibility index (Phi) is 5.69. The largest absolute Gasteiger partial charge is 0.304 e. The Balaban J connectivity index is 1.55. The minimum Gasteiger partial charge on any atom is -0.304 e. The molecule has 5 aromatic rings. The highest BCUT2D eigenvalue weighted by molar-refractivity contribution is 7.13. The third-order valence-corrected chi connectivity index (χ3v) is 5.93. The normalized spacial score (nSPS) is 11.5. The van der Waals surface area contributed by atoms with Crippen LogP contribution >= 0.6 is 11.3 Å². The number of aromatic nitrogens is 7. The van der Waals surface area contributed by atoms with Crippen LogP contribution in [0.25, 0.3) is 22.3 Å². The van der Waals surface area contributed by atoms with E-state index in [0.29, 0.717) is 23.3 Å². The third-order valence-electron chi connectivity index (χ3n) is 5.07.